The predicted octanol–water partition coefficient (Wildman–Crippen LogP) is 4.41. The van der Waals surface area contributed by atoms with Gasteiger partial charge in [0.25, 0.3) is 5.56 Å². The molecule has 4 rings (SSSR count). The van der Waals surface area contributed by atoms with Gasteiger partial charge in [-0.25, -0.2) is 4.98 Å². The topological polar surface area (TPSA) is 72.0 Å². The molecule has 1 aliphatic rings. The van der Waals surface area contributed by atoms with Crippen LogP contribution in [0.15, 0.2) is 21.6 Å². The van der Waals surface area contributed by atoms with Crippen LogP contribution < -0.4 is 5.56 Å². The normalized spacial score (nSPS) is 17.6. The quantitative estimate of drug-likeness (QED) is 0.642. The Bertz CT molecular complexity index is 1020. The predicted molar refractivity (Wildman–Crippen MR) is 109 cm³/mol. The molecule has 0 amide bonds. The molecule has 1 N–H and O–H groups in total. The Morgan fingerprint density at radius 3 is 3.11 bits per heavy atom. The zero-order valence-electron chi connectivity index (χ0n) is 15.4. The van der Waals surface area contributed by atoms with E-state index < -0.39 is 6.10 Å². The number of carbonyl (C=O) groups is 1. The molecule has 142 valence electrons. The minimum absolute atomic E-state index is 0.122. The van der Waals surface area contributed by atoms with Gasteiger partial charge in [-0.1, -0.05) is 6.92 Å². The molecular weight excluding hydrogens is 380 g/mol. The van der Waals surface area contributed by atoms with Crippen molar-refractivity contribution in [1.82, 2.24) is 9.97 Å². The number of nitrogens with one attached hydrogen (secondary N) is 1. The van der Waals surface area contributed by atoms with E-state index in [0.29, 0.717) is 24.6 Å². The van der Waals surface area contributed by atoms with Gasteiger partial charge in [0, 0.05) is 11.3 Å². The minimum atomic E-state index is -0.574. The first-order valence-electron chi connectivity index (χ1n) is 9.26. The van der Waals surface area contributed by atoms with Gasteiger partial charge in [0.15, 0.2) is 11.9 Å². The summed E-state index contributed by atoms with van der Waals surface area (Å²) in [6.45, 7) is 4.00. The Kier molecular flexibility index (Phi) is 5.14. The van der Waals surface area contributed by atoms with Crippen molar-refractivity contribution in [3.8, 4) is 0 Å². The highest BCUT2D eigenvalue weighted by molar-refractivity contribution is 7.18. The van der Waals surface area contributed by atoms with Crippen LogP contribution in [-0.2, 0) is 28.8 Å². The van der Waals surface area contributed by atoms with E-state index in [9.17, 15) is 9.59 Å². The lowest BCUT2D eigenvalue weighted by atomic mass is 9.89. The van der Waals surface area contributed by atoms with E-state index in [0.717, 1.165) is 40.6 Å². The number of hydrogen-bond acceptors (Lipinski definition) is 6. The van der Waals surface area contributed by atoms with Gasteiger partial charge in [0.05, 0.1) is 5.39 Å². The number of H-pyrrole nitrogens is 1. The lowest BCUT2D eigenvalue weighted by molar-refractivity contribution is -0.148. The number of fused-ring (bicyclic) bond motifs is 3. The highest BCUT2D eigenvalue weighted by atomic mass is 32.1. The summed E-state index contributed by atoms with van der Waals surface area (Å²) in [6.07, 6.45) is 3.46. The van der Waals surface area contributed by atoms with E-state index in [4.69, 9.17) is 4.74 Å². The monoisotopic (exact) mass is 402 g/mol. The maximum absolute atomic E-state index is 12.7. The van der Waals surface area contributed by atoms with Crippen molar-refractivity contribution < 1.29 is 9.53 Å². The standard InChI is InChI=1S/C20H22N2O3S2/c1-11-3-5-14-15(9-11)27-20-17(14)19(24)21-18(22-20)12(2)25-16(23)6-4-13-7-8-26-10-13/h7-8,10-12H,3-6,9H2,1-2H3,(H,21,22,24)/t11-,12+/m1/s1. The molecule has 0 aromatic carbocycles. The molecule has 3 aromatic heterocycles. The number of esters is 1. The summed E-state index contributed by atoms with van der Waals surface area (Å²) in [6, 6.07) is 2.01. The number of aromatic nitrogens is 2. The molecule has 0 saturated heterocycles. The van der Waals surface area contributed by atoms with Crippen molar-refractivity contribution >= 4 is 38.9 Å². The van der Waals surface area contributed by atoms with Crippen LogP contribution in [0.4, 0.5) is 0 Å². The Morgan fingerprint density at radius 2 is 2.33 bits per heavy atom. The molecule has 3 heterocycles. The van der Waals surface area contributed by atoms with Crippen molar-refractivity contribution in [2.45, 2.75) is 52.1 Å². The number of thiophene rings is 2. The second-order valence-corrected chi connectivity index (χ2v) is 9.11. The van der Waals surface area contributed by atoms with Crippen LogP contribution >= 0.6 is 22.7 Å². The van der Waals surface area contributed by atoms with E-state index in [2.05, 4.69) is 16.9 Å². The summed E-state index contributed by atoms with van der Waals surface area (Å²) in [5.41, 5.74) is 2.17. The molecule has 2 atom stereocenters. The first-order chi connectivity index (χ1) is 13.0. The largest absolute Gasteiger partial charge is 0.454 e. The van der Waals surface area contributed by atoms with Gasteiger partial charge in [-0.2, -0.15) is 11.3 Å². The van der Waals surface area contributed by atoms with Gasteiger partial charge < -0.3 is 9.72 Å². The number of nitrogens with zero attached hydrogens (tertiary/aromatic N) is 1. The van der Waals surface area contributed by atoms with Crippen LogP contribution in [-0.4, -0.2) is 15.9 Å². The fraction of sp³-hybridized carbons (Fsp3) is 0.450. The summed E-state index contributed by atoms with van der Waals surface area (Å²) < 4.78 is 5.49. The molecule has 27 heavy (non-hydrogen) atoms. The number of carbonyl (C=O) groups excluding carboxylic acids is 1. The van der Waals surface area contributed by atoms with Crippen LogP contribution in [0.1, 0.15) is 54.6 Å². The maximum Gasteiger partial charge on any atom is 0.306 e. The van der Waals surface area contributed by atoms with Crippen molar-refractivity contribution in [2.75, 3.05) is 0 Å². The average Bonchev–Trinajstić information content (AvgIpc) is 3.26. The number of aryl methyl sites for hydroxylation is 2. The molecular formula is C20H22N2O3S2. The first kappa shape index (κ1) is 18.4. The molecule has 0 unspecified atom stereocenters. The molecule has 1 aliphatic carbocycles. The van der Waals surface area contributed by atoms with E-state index in [1.165, 1.54) is 4.88 Å². The zero-order valence-corrected chi connectivity index (χ0v) is 17.0. The van der Waals surface area contributed by atoms with Gasteiger partial charge in [-0.3, -0.25) is 9.59 Å². The van der Waals surface area contributed by atoms with Crippen LogP contribution in [0, 0.1) is 5.92 Å². The highest BCUT2D eigenvalue weighted by Gasteiger charge is 2.24. The van der Waals surface area contributed by atoms with Gasteiger partial charge in [0.2, 0.25) is 0 Å². The van der Waals surface area contributed by atoms with Crippen LogP contribution in [0.25, 0.3) is 10.2 Å². The summed E-state index contributed by atoms with van der Waals surface area (Å²) >= 11 is 3.22. The average molecular weight is 403 g/mol. The third-order valence-corrected chi connectivity index (χ3v) is 6.96. The highest BCUT2D eigenvalue weighted by Crippen LogP contribution is 2.35. The molecule has 7 heteroatoms. The summed E-state index contributed by atoms with van der Waals surface area (Å²) in [7, 11) is 0. The molecule has 3 aromatic rings. The van der Waals surface area contributed by atoms with Crippen molar-refractivity contribution in [3.05, 3.63) is 49.0 Å². The lowest BCUT2D eigenvalue weighted by Gasteiger charge is -2.17. The van der Waals surface area contributed by atoms with Crippen LogP contribution in [0.2, 0.25) is 0 Å². The molecule has 5 nitrogen and oxygen atoms in total. The second-order valence-electron chi connectivity index (χ2n) is 7.25. The van der Waals surface area contributed by atoms with Crippen molar-refractivity contribution in [2.24, 2.45) is 5.92 Å². The van der Waals surface area contributed by atoms with E-state index in [-0.39, 0.29) is 11.5 Å². The fourth-order valence-electron chi connectivity index (χ4n) is 3.55. The molecule has 0 radical (unpaired) electrons. The smallest absolute Gasteiger partial charge is 0.306 e. The summed E-state index contributed by atoms with van der Waals surface area (Å²) in [5.74, 6) is 0.783. The van der Waals surface area contributed by atoms with E-state index >= 15 is 0 Å². The maximum atomic E-state index is 12.7. The van der Waals surface area contributed by atoms with Crippen molar-refractivity contribution in [1.29, 1.82) is 0 Å². The van der Waals surface area contributed by atoms with Crippen molar-refractivity contribution in [3.63, 3.8) is 0 Å². The summed E-state index contributed by atoms with van der Waals surface area (Å²) in [5, 5.41) is 4.75. The zero-order chi connectivity index (χ0) is 19.0. The SMILES string of the molecule is C[C@@H]1CCc2c(sc3nc([C@H](C)OC(=O)CCc4ccsc4)[nH]c(=O)c23)C1. The number of aromatic amines is 1. The van der Waals surface area contributed by atoms with Gasteiger partial charge >= 0.3 is 5.97 Å². The summed E-state index contributed by atoms with van der Waals surface area (Å²) in [4.78, 5) is 34.3. The molecule has 0 bridgehead atoms. The molecule has 0 saturated carbocycles. The van der Waals surface area contributed by atoms with E-state index in [1.807, 2.05) is 16.8 Å². The van der Waals surface area contributed by atoms with Gasteiger partial charge in [0.1, 0.15) is 4.83 Å². The Hall–Kier alpha value is -1.99. The fourth-order valence-corrected chi connectivity index (χ4v) is 5.64. The number of hydrogen-bond donors (Lipinski definition) is 1. The molecule has 0 aliphatic heterocycles. The van der Waals surface area contributed by atoms with Gasteiger partial charge in [-0.15, -0.1) is 11.3 Å². The van der Waals surface area contributed by atoms with Crippen LogP contribution in [0.3, 0.4) is 0 Å². The third kappa shape index (κ3) is 3.84. The Balaban J connectivity index is 1.51. The van der Waals surface area contributed by atoms with Crippen LogP contribution in [0.5, 0.6) is 0 Å². The Labute approximate surface area is 165 Å². The van der Waals surface area contributed by atoms with E-state index in [1.54, 1.807) is 29.6 Å². The van der Waals surface area contributed by atoms with Gasteiger partial charge in [-0.05, 0) is 66.5 Å². The lowest BCUT2D eigenvalue weighted by Crippen LogP contribution is -2.18. The third-order valence-electron chi connectivity index (χ3n) is 5.07. The molecule has 0 fully saturated rings. The Morgan fingerprint density at radius 1 is 1.48 bits per heavy atom. The molecule has 0 spiro atoms. The first-order valence-corrected chi connectivity index (χ1v) is 11.0. The number of ether oxygens (including phenoxy) is 1. The minimum Gasteiger partial charge on any atom is -0.454 e. The number of rotatable bonds is 5. The second kappa shape index (κ2) is 7.56.